The smallest absolute Gasteiger partial charge is 0.161 e. The summed E-state index contributed by atoms with van der Waals surface area (Å²) in [7, 11) is 1.67. The Hall–Kier alpha value is -1.51. The first kappa shape index (κ1) is 11.0. The molecule has 86 valence electrons. The molecule has 1 atom stereocenters. The quantitative estimate of drug-likeness (QED) is 0.781. The summed E-state index contributed by atoms with van der Waals surface area (Å²) < 4.78 is 10.9. The van der Waals surface area contributed by atoms with Crippen molar-refractivity contribution in [3.05, 3.63) is 23.3 Å². The van der Waals surface area contributed by atoms with Gasteiger partial charge in [-0.05, 0) is 43.5 Å². The first-order chi connectivity index (χ1) is 7.74. The monoisotopic (exact) mass is 219 g/mol. The molecule has 0 spiro atoms. The Morgan fingerprint density at radius 1 is 1.38 bits per heavy atom. The van der Waals surface area contributed by atoms with E-state index in [9.17, 15) is 0 Å². The predicted molar refractivity (Wildman–Crippen MR) is 64.9 cm³/mol. The van der Waals surface area contributed by atoms with Gasteiger partial charge in [0, 0.05) is 6.21 Å². The molecule has 1 heterocycles. The molecule has 1 aromatic carbocycles. The van der Waals surface area contributed by atoms with E-state index >= 15 is 0 Å². The van der Waals surface area contributed by atoms with E-state index in [0.29, 0.717) is 12.6 Å². The first-order valence-corrected chi connectivity index (χ1v) is 5.61. The van der Waals surface area contributed by atoms with Gasteiger partial charge < -0.3 is 9.47 Å². The molecule has 0 aliphatic carbocycles. The Bertz CT molecular complexity index is 413. The topological polar surface area (TPSA) is 30.8 Å². The third kappa shape index (κ3) is 2.03. The summed E-state index contributed by atoms with van der Waals surface area (Å²) in [5.41, 5.74) is 2.42. The highest BCUT2D eigenvalue weighted by Gasteiger charge is 2.15. The van der Waals surface area contributed by atoms with E-state index in [1.165, 1.54) is 5.56 Å². The minimum Gasteiger partial charge on any atom is -0.493 e. The lowest BCUT2D eigenvalue weighted by atomic mass is 9.98. The van der Waals surface area contributed by atoms with E-state index in [2.05, 4.69) is 18.0 Å². The molecule has 0 fully saturated rings. The second-order valence-corrected chi connectivity index (χ2v) is 3.97. The number of hydrogen-bond donors (Lipinski definition) is 0. The van der Waals surface area contributed by atoms with Gasteiger partial charge >= 0.3 is 0 Å². The molecule has 1 aromatic rings. The number of rotatable bonds is 3. The van der Waals surface area contributed by atoms with E-state index in [1.807, 2.05) is 19.2 Å². The largest absolute Gasteiger partial charge is 0.493 e. The SMILES string of the molecule is CCOc1cc2c(cc1OC)CC(C)N=C2. The molecule has 3 nitrogen and oxygen atoms in total. The van der Waals surface area contributed by atoms with E-state index in [-0.39, 0.29) is 0 Å². The fourth-order valence-corrected chi connectivity index (χ4v) is 1.92. The molecule has 0 N–H and O–H groups in total. The van der Waals surface area contributed by atoms with Gasteiger partial charge in [0.25, 0.3) is 0 Å². The molecular formula is C13H17NO2. The fourth-order valence-electron chi connectivity index (χ4n) is 1.92. The third-order valence-electron chi connectivity index (χ3n) is 2.71. The lowest BCUT2D eigenvalue weighted by Crippen LogP contribution is -2.12. The van der Waals surface area contributed by atoms with Crippen molar-refractivity contribution in [1.82, 2.24) is 0 Å². The minimum atomic E-state index is 0.357. The van der Waals surface area contributed by atoms with Crippen molar-refractivity contribution in [2.45, 2.75) is 26.3 Å². The highest BCUT2D eigenvalue weighted by molar-refractivity contribution is 5.84. The summed E-state index contributed by atoms with van der Waals surface area (Å²) >= 11 is 0. The van der Waals surface area contributed by atoms with Gasteiger partial charge in [0.15, 0.2) is 11.5 Å². The molecule has 0 radical (unpaired) electrons. The van der Waals surface area contributed by atoms with Crippen molar-refractivity contribution in [2.24, 2.45) is 4.99 Å². The van der Waals surface area contributed by atoms with Crippen LogP contribution < -0.4 is 9.47 Å². The van der Waals surface area contributed by atoms with Gasteiger partial charge in [0.1, 0.15) is 0 Å². The van der Waals surface area contributed by atoms with Crippen LogP contribution in [0.15, 0.2) is 17.1 Å². The van der Waals surface area contributed by atoms with Crippen molar-refractivity contribution in [2.75, 3.05) is 13.7 Å². The van der Waals surface area contributed by atoms with E-state index in [0.717, 1.165) is 23.5 Å². The number of fused-ring (bicyclic) bond motifs is 1. The van der Waals surface area contributed by atoms with Gasteiger partial charge in [0.05, 0.1) is 19.8 Å². The Morgan fingerprint density at radius 2 is 2.19 bits per heavy atom. The molecular weight excluding hydrogens is 202 g/mol. The van der Waals surface area contributed by atoms with E-state index < -0.39 is 0 Å². The molecule has 1 aliphatic heterocycles. The lowest BCUT2D eigenvalue weighted by Gasteiger charge is -2.18. The van der Waals surface area contributed by atoms with Crippen LogP contribution in [-0.4, -0.2) is 26.0 Å². The van der Waals surface area contributed by atoms with Crippen LogP contribution in [0.1, 0.15) is 25.0 Å². The first-order valence-electron chi connectivity index (χ1n) is 5.61. The highest BCUT2D eigenvalue weighted by atomic mass is 16.5. The summed E-state index contributed by atoms with van der Waals surface area (Å²) in [5, 5.41) is 0. The number of benzene rings is 1. The Balaban J connectivity index is 2.41. The van der Waals surface area contributed by atoms with E-state index in [1.54, 1.807) is 7.11 Å². The van der Waals surface area contributed by atoms with Crippen LogP contribution in [0.3, 0.4) is 0 Å². The number of hydrogen-bond acceptors (Lipinski definition) is 3. The van der Waals surface area contributed by atoms with Crippen molar-refractivity contribution in [3.8, 4) is 11.5 Å². The van der Waals surface area contributed by atoms with E-state index in [4.69, 9.17) is 9.47 Å². The molecule has 0 saturated carbocycles. The molecule has 2 rings (SSSR count). The van der Waals surface area contributed by atoms with Gasteiger partial charge in [-0.15, -0.1) is 0 Å². The van der Waals surface area contributed by atoms with Crippen molar-refractivity contribution in [3.63, 3.8) is 0 Å². The number of methoxy groups -OCH3 is 1. The van der Waals surface area contributed by atoms with Crippen LogP contribution in [0.25, 0.3) is 0 Å². The molecule has 16 heavy (non-hydrogen) atoms. The Labute approximate surface area is 96.1 Å². The Kier molecular flexibility index (Phi) is 3.13. The number of aliphatic imine (C=N–C) groups is 1. The van der Waals surface area contributed by atoms with Crippen molar-refractivity contribution < 1.29 is 9.47 Å². The van der Waals surface area contributed by atoms with Crippen LogP contribution in [0.2, 0.25) is 0 Å². The molecule has 0 amide bonds. The second kappa shape index (κ2) is 4.56. The standard InChI is InChI=1S/C13H17NO2/c1-4-16-13-7-11-8-14-9(2)5-10(11)6-12(13)15-3/h6-9H,4-5H2,1-3H3. The van der Waals surface area contributed by atoms with Gasteiger partial charge in [-0.2, -0.15) is 0 Å². The normalized spacial score (nSPS) is 18.1. The zero-order chi connectivity index (χ0) is 11.5. The number of ether oxygens (including phenoxy) is 2. The number of nitrogens with zero attached hydrogens (tertiary/aromatic N) is 1. The van der Waals surface area contributed by atoms with Crippen molar-refractivity contribution >= 4 is 6.21 Å². The predicted octanol–water partition coefficient (Wildman–Crippen LogP) is 2.46. The minimum absolute atomic E-state index is 0.357. The molecule has 0 bridgehead atoms. The molecule has 0 aromatic heterocycles. The zero-order valence-electron chi connectivity index (χ0n) is 9.99. The van der Waals surface area contributed by atoms with Crippen LogP contribution in [-0.2, 0) is 6.42 Å². The van der Waals surface area contributed by atoms with Gasteiger partial charge in [-0.1, -0.05) is 0 Å². The van der Waals surface area contributed by atoms with Crippen LogP contribution in [0.5, 0.6) is 11.5 Å². The third-order valence-corrected chi connectivity index (χ3v) is 2.71. The molecule has 0 saturated heterocycles. The van der Waals surface area contributed by atoms with Crippen LogP contribution in [0, 0.1) is 0 Å². The molecule has 3 heteroatoms. The summed E-state index contributed by atoms with van der Waals surface area (Å²) in [4.78, 5) is 4.41. The van der Waals surface area contributed by atoms with Crippen LogP contribution in [0.4, 0.5) is 0 Å². The highest BCUT2D eigenvalue weighted by Crippen LogP contribution is 2.32. The average Bonchev–Trinajstić information content (AvgIpc) is 2.29. The maximum atomic E-state index is 5.53. The summed E-state index contributed by atoms with van der Waals surface area (Å²) in [6, 6.07) is 4.42. The molecule has 1 unspecified atom stereocenters. The molecule has 1 aliphatic rings. The van der Waals surface area contributed by atoms with Crippen LogP contribution >= 0.6 is 0 Å². The second-order valence-electron chi connectivity index (χ2n) is 3.97. The maximum Gasteiger partial charge on any atom is 0.161 e. The fraction of sp³-hybridized carbons (Fsp3) is 0.462. The maximum absolute atomic E-state index is 5.53. The summed E-state index contributed by atoms with van der Waals surface area (Å²) in [6.07, 6.45) is 2.89. The summed E-state index contributed by atoms with van der Waals surface area (Å²) in [6.45, 7) is 4.72. The van der Waals surface area contributed by atoms with Gasteiger partial charge in [-0.25, -0.2) is 0 Å². The van der Waals surface area contributed by atoms with Crippen molar-refractivity contribution in [1.29, 1.82) is 0 Å². The van der Waals surface area contributed by atoms with Gasteiger partial charge in [0.2, 0.25) is 0 Å². The summed E-state index contributed by atoms with van der Waals surface area (Å²) in [5.74, 6) is 1.60. The van der Waals surface area contributed by atoms with Gasteiger partial charge in [-0.3, -0.25) is 4.99 Å². The lowest BCUT2D eigenvalue weighted by molar-refractivity contribution is 0.310. The Morgan fingerprint density at radius 3 is 2.88 bits per heavy atom. The zero-order valence-corrected chi connectivity index (χ0v) is 9.99. The average molecular weight is 219 g/mol.